The van der Waals surface area contributed by atoms with E-state index in [0.29, 0.717) is 17.9 Å². The summed E-state index contributed by atoms with van der Waals surface area (Å²) in [5.41, 5.74) is 1.06. The number of halogens is 1. The number of rotatable bonds is 4. The fraction of sp³-hybridized carbons (Fsp3) is 0.538. The van der Waals surface area contributed by atoms with Crippen molar-refractivity contribution in [2.24, 2.45) is 5.92 Å². The highest BCUT2D eigenvalue weighted by Gasteiger charge is 2.20. The van der Waals surface area contributed by atoms with Gasteiger partial charge in [0, 0.05) is 6.04 Å². The SMILES string of the molecule is CNC(C(C)C)C(C)c1cccc(F)c1. The molecule has 0 fully saturated rings. The molecule has 2 heteroatoms. The topological polar surface area (TPSA) is 12.0 Å². The summed E-state index contributed by atoms with van der Waals surface area (Å²) in [4.78, 5) is 0. The largest absolute Gasteiger partial charge is 0.316 e. The van der Waals surface area contributed by atoms with Gasteiger partial charge in [0.15, 0.2) is 0 Å². The van der Waals surface area contributed by atoms with E-state index in [4.69, 9.17) is 0 Å². The Kier molecular flexibility index (Phi) is 4.28. The summed E-state index contributed by atoms with van der Waals surface area (Å²) in [7, 11) is 1.96. The van der Waals surface area contributed by atoms with E-state index in [-0.39, 0.29) is 5.82 Å². The Labute approximate surface area is 91.7 Å². The molecule has 0 spiro atoms. The second-order valence-electron chi connectivity index (χ2n) is 4.40. The Hall–Kier alpha value is -0.890. The lowest BCUT2D eigenvalue weighted by Gasteiger charge is -2.27. The van der Waals surface area contributed by atoms with Crippen LogP contribution in [-0.2, 0) is 0 Å². The van der Waals surface area contributed by atoms with Crippen molar-refractivity contribution >= 4 is 0 Å². The Bertz CT molecular complexity index is 309. The molecule has 1 nitrogen and oxygen atoms in total. The third-order valence-electron chi connectivity index (χ3n) is 2.96. The molecule has 1 aromatic carbocycles. The van der Waals surface area contributed by atoms with Gasteiger partial charge in [0.25, 0.3) is 0 Å². The number of likely N-dealkylation sites (N-methyl/N-ethyl adjacent to an activating group) is 1. The van der Waals surface area contributed by atoms with Crippen molar-refractivity contribution in [3.8, 4) is 0 Å². The van der Waals surface area contributed by atoms with E-state index in [1.807, 2.05) is 13.1 Å². The van der Waals surface area contributed by atoms with Crippen LogP contribution in [0.25, 0.3) is 0 Å². The van der Waals surface area contributed by atoms with Gasteiger partial charge in [0.05, 0.1) is 0 Å². The van der Waals surface area contributed by atoms with Crippen LogP contribution in [0.1, 0.15) is 32.3 Å². The average molecular weight is 209 g/mol. The van der Waals surface area contributed by atoms with Crippen LogP contribution >= 0.6 is 0 Å². The first-order valence-electron chi connectivity index (χ1n) is 5.49. The lowest BCUT2D eigenvalue weighted by Crippen LogP contribution is -2.35. The summed E-state index contributed by atoms with van der Waals surface area (Å²) in [6.07, 6.45) is 0. The molecule has 1 rings (SSSR count). The maximum absolute atomic E-state index is 13.1. The molecular weight excluding hydrogens is 189 g/mol. The van der Waals surface area contributed by atoms with Crippen molar-refractivity contribution < 1.29 is 4.39 Å². The summed E-state index contributed by atoms with van der Waals surface area (Å²) in [6, 6.07) is 7.25. The second-order valence-corrected chi connectivity index (χ2v) is 4.40. The van der Waals surface area contributed by atoms with Crippen LogP contribution in [0.3, 0.4) is 0 Å². The predicted octanol–water partition coefficient (Wildman–Crippen LogP) is 3.17. The molecular formula is C13H20FN. The number of hydrogen-bond acceptors (Lipinski definition) is 1. The molecule has 0 radical (unpaired) electrons. The van der Waals surface area contributed by atoms with Crippen LogP contribution in [0.15, 0.2) is 24.3 Å². The number of benzene rings is 1. The maximum atomic E-state index is 13.1. The standard InChI is InChI=1S/C13H20FN/c1-9(2)13(15-4)10(3)11-6-5-7-12(14)8-11/h5-10,13,15H,1-4H3. The predicted molar refractivity (Wildman–Crippen MR) is 62.5 cm³/mol. The van der Waals surface area contributed by atoms with Crippen LogP contribution < -0.4 is 5.32 Å². The fourth-order valence-corrected chi connectivity index (χ4v) is 2.16. The van der Waals surface area contributed by atoms with Crippen molar-refractivity contribution in [2.45, 2.75) is 32.7 Å². The van der Waals surface area contributed by atoms with E-state index in [2.05, 4.69) is 26.1 Å². The van der Waals surface area contributed by atoms with Gasteiger partial charge in [-0.2, -0.15) is 0 Å². The molecule has 0 amide bonds. The van der Waals surface area contributed by atoms with Gasteiger partial charge in [-0.25, -0.2) is 4.39 Å². The Balaban J connectivity index is 2.87. The Morgan fingerprint density at radius 2 is 1.87 bits per heavy atom. The first kappa shape index (κ1) is 12.2. The minimum absolute atomic E-state index is 0.155. The van der Waals surface area contributed by atoms with Crippen molar-refractivity contribution in [3.05, 3.63) is 35.6 Å². The van der Waals surface area contributed by atoms with Crippen LogP contribution in [0, 0.1) is 11.7 Å². The van der Waals surface area contributed by atoms with Crippen molar-refractivity contribution in [2.75, 3.05) is 7.05 Å². The van der Waals surface area contributed by atoms with E-state index in [1.54, 1.807) is 12.1 Å². The zero-order valence-electron chi connectivity index (χ0n) is 9.92. The molecule has 15 heavy (non-hydrogen) atoms. The number of nitrogens with one attached hydrogen (secondary N) is 1. The summed E-state index contributed by atoms with van der Waals surface area (Å²) < 4.78 is 13.1. The molecule has 1 N–H and O–H groups in total. The van der Waals surface area contributed by atoms with Gasteiger partial charge in [-0.05, 0) is 36.6 Å². The molecule has 0 aliphatic rings. The molecule has 0 saturated carbocycles. The summed E-state index contributed by atoms with van der Waals surface area (Å²) >= 11 is 0. The van der Waals surface area contributed by atoms with Crippen LogP contribution in [0.5, 0.6) is 0 Å². The maximum Gasteiger partial charge on any atom is 0.123 e. The van der Waals surface area contributed by atoms with Crippen LogP contribution in [-0.4, -0.2) is 13.1 Å². The van der Waals surface area contributed by atoms with Crippen molar-refractivity contribution in [1.29, 1.82) is 0 Å². The molecule has 0 saturated heterocycles. The van der Waals surface area contributed by atoms with Gasteiger partial charge < -0.3 is 5.32 Å². The molecule has 0 aliphatic carbocycles. The molecule has 84 valence electrons. The summed E-state index contributed by atoms with van der Waals surface area (Å²) in [6.45, 7) is 6.49. The highest BCUT2D eigenvalue weighted by Crippen LogP contribution is 2.24. The highest BCUT2D eigenvalue weighted by molar-refractivity contribution is 5.21. The fourth-order valence-electron chi connectivity index (χ4n) is 2.16. The molecule has 1 aromatic rings. The summed E-state index contributed by atoms with van der Waals surface area (Å²) in [5, 5.41) is 3.30. The minimum Gasteiger partial charge on any atom is -0.316 e. The lowest BCUT2D eigenvalue weighted by atomic mass is 9.86. The molecule has 2 atom stereocenters. The van der Waals surface area contributed by atoms with Crippen molar-refractivity contribution in [1.82, 2.24) is 5.32 Å². The van der Waals surface area contributed by atoms with E-state index >= 15 is 0 Å². The van der Waals surface area contributed by atoms with Crippen LogP contribution in [0.2, 0.25) is 0 Å². The third-order valence-corrected chi connectivity index (χ3v) is 2.96. The first-order chi connectivity index (χ1) is 7.06. The molecule has 0 heterocycles. The smallest absolute Gasteiger partial charge is 0.123 e. The second kappa shape index (κ2) is 5.26. The number of hydrogen-bond donors (Lipinski definition) is 1. The Morgan fingerprint density at radius 1 is 1.20 bits per heavy atom. The third kappa shape index (κ3) is 3.03. The van der Waals surface area contributed by atoms with Gasteiger partial charge in [-0.15, -0.1) is 0 Å². The van der Waals surface area contributed by atoms with Gasteiger partial charge in [0.1, 0.15) is 5.82 Å². The molecule has 2 unspecified atom stereocenters. The van der Waals surface area contributed by atoms with E-state index in [9.17, 15) is 4.39 Å². The van der Waals surface area contributed by atoms with E-state index in [1.165, 1.54) is 6.07 Å². The van der Waals surface area contributed by atoms with Crippen molar-refractivity contribution in [3.63, 3.8) is 0 Å². The molecule has 0 bridgehead atoms. The van der Waals surface area contributed by atoms with Gasteiger partial charge >= 0.3 is 0 Å². The quantitative estimate of drug-likeness (QED) is 0.803. The van der Waals surface area contributed by atoms with Crippen LogP contribution in [0.4, 0.5) is 4.39 Å². The zero-order chi connectivity index (χ0) is 11.4. The lowest BCUT2D eigenvalue weighted by molar-refractivity contribution is 0.375. The normalized spacial score (nSPS) is 15.3. The zero-order valence-corrected chi connectivity index (χ0v) is 9.92. The van der Waals surface area contributed by atoms with Gasteiger partial charge in [0.2, 0.25) is 0 Å². The molecule has 0 aromatic heterocycles. The van der Waals surface area contributed by atoms with Gasteiger partial charge in [-0.1, -0.05) is 32.9 Å². The first-order valence-corrected chi connectivity index (χ1v) is 5.49. The monoisotopic (exact) mass is 209 g/mol. The van der Waals surface area contributed by atoms with E-state index < -0.39 is 0 Å². The Morgan fingerprint density at radius 3 is 2.33 bits per heavy atom. The summed E-state index contributed by atoms with van der Waals surface area (Å²) in [5.74, 6) is 0.705. The average Bonchev–Trinajstić information content (AvgIpc) is 2.18. The highest BCUT2D eigenvalue weighted by atomic mass is 19.1. The molecule has 0 aliphatic heterocycles. The van der Waals surface area contributed by atoms with Gasteiger partial charge in [-0.3, -0.25) is 0 Å². The van der Waals surface area contributed by atoms with E-state index in [0.717, 1.165) is 5.56 Å². The minimum atomic E-state index is -0.155.